The minimum atomic E-state index is -0.275. The monoisotopic (exact) mass is 314 g/mol. The van der Waals surface area contributed by atoms with Crippen molar-refractivity contribution in [3.8, 4) is 0 Å². The van der Waals surface area contributed by atoms with E-state index in [4.69, 9.17) is 0 Å². The molecule has 0 radical (unpaired) electrons. The molecule has 1 aromatic carbocycles. The third-order valence-electron chi connectivity index (χ3n) is 4.12. The lowest BCUT2D eigenvalue weighted by Crippen LogP contribution is -2.33. The number of benzene rings is 1. The number of amides is 2. The molecule has 1 atom stereocenters. The van der Waals surface area contributed by atoms with Crippen LogP contribution in [0.2, 0.25) is 0 Å². The van der Waals surface area contributed by atoms with Crippen molar-refractivity contribution >= 4 is 11.8 Å². The maximum atomic E-state index is 12.2. The van der Waals surface area contributed by atoms with Gasteiger partial charge in [0.05, 0.1) is 12.5 Å². The van der Waals surface area contributed by atoms with E-state index in [-0.39, 0.29) is 24.3 Å². The topological polar surface area (TPSA) is 58.2 Å². The molecule has 2 N–H and O–H groups in total. The van der Waals surface area contributed by atoms with Crippen LogP contribution in [-0.2, 0) is 9.59 Å². The van der Waals surface area contributed by atoms with Crippen molar-refractivity contribution in [2.45, 2.75) is 51.5 Å². The fourth-order valence-corrected chi connectivity index (χ4v) is 2.93. The van der Waals surface area contributed by atoms with Crippen LogP contribution in [0.5, 0.6) is 0 Å². The molecule has 124 valence electrons. The summed E-state index contributed by atoms with van der Waals surface area (Å²) in [4.78, 5) is 23.5. The summed E-state index contributed by atoms with van der Waals surface area (Å²) >= 11 is 0. The van der Waals surface area contributed by atoms with Crippen LogP contribution in [0.25, 0.3) is 0 Å². The summed E-state index contributed by atoms with van der Waals surface area (Å²) in [6.07, 6.45) is 8.38. The highest BCUT2D eigenvalue weighted by Gasteiger charge is 2.16. The Hall–Kier alpha value is -2.10. The second kappa shape index (κ2) is 9.13. The zero-order valence-corrected chi connectivity index (χ0v) is 13.8. The van der Waals surface area contributed by atoms with Gasteiger partial charge in [-0.15, -0.1) is 0 Å². The molecule has 2 rings (SSSR count). The molecule has 0 spiro atoms. The van der Waals surface area contributed by atoms with E-state index in [0.29, 0.717) is 6.54 Å². The van der Waals surface area contributed by atoms with Gasteiger partial charge in [0.25, 0.3) is 0 Å². The van der Waals surface area contributed by atoms with E-state index < -0.39 is 0 Å². The minimum Gasteiger partial charge on any atom is -0.356 e. The van der Waals surface area contributed by atoms with Crippen molar-refractivity contribution in [1.82, 2.24) is 10.6 Å². The molecule has 1 aromatic rings. The predicted octanol–water partition coefficient (Wildman–Crippen LogP) is 3.26. The first kappa shape index (κ1) is 17.3. The summed E-state index contributed by atoms with van der Waals surface area (Å²) in [5.74, 6) is -0.150. The molecule has 0 heterocycles. The van der Waals surface area contributed by atoms with Crippen LogP contribution in [0.15, 0.2) is 42.0 Å². The predicted molar refractivity (Wildman–Crippen MR) is 91.8 cm³/mol. The Morgan fingerprint density at radius 1 is 1.17 bits per heavy atom. The molecule has 4 nitrogen and oxygen atoms in total. The van der Waals surface area contributed by atoms with Gasteiger partial charge in [-0.25, -0.2) is 0 Å². The Morgan fingerprint density at radius 2 is 1.96 bits per heavy atom. The van der Waals surface area contributed by atoms with Gasteiger partial charge in [-0.2, -0.15) is 0 Å². The SMILES string of the molecule is CC(=O)N[C@H](CC(=O)NCCC1=CCCCC1)c1ccccc1. The van der Waals surface area contributed by atoms with Crippen LogP contribution < -0.4 is 10.6 Å². The standard InChI is InChI=1S/C19H26N2O2/c1-15(22)21-18(17-10-6-3-7-11-17)14-19(23)20-13-12-16-8-4-2-5-9-16/h3,6-8,10-11,18H,2,4-5,9,12-14H2,1H3,(H,20,23)(H,21,22)/t18-/m1/s1. The lowest BCUT2D eigenvalue weighted by atomic mass is 9.97. The van der Waals surface area contributed by atoms with Gasteiger partial charge in [0.1, 0.15) is 0 Å². The van der Waals surface area contributed by atoms with Crippen LogP contribution in [0.4, 0.5) is 0 Å². The molecular formula is C19H26N2O2. The van der Waals surface area contributed by atoms with Gasteiger partial charge in [0.2, 0.25) is 11.8 Å². The summed E-state index contributed by atoms with van der Waals surface area (Å²) in [7, 11) is 0. The average Bonchev–Trinajstić information content (AvgIpc) is 2.56. The van der Waals surface area contributed by atoms with Gasteiger partial charge >= 0.3 is 0 Å². The number of hydrogen-bond donors (Lipinski definition) is 2. The molecule has 0 bridgehead atoms. The van der Waals surface area contributed by atoms with Crippen LogP contribution >= 0.6 is 0 Å². The van der Waals surface area contributed by atoms with Gasteiger partial charge in [0, 0.05) is 13.5 Å². The maximum absolute atomic E-state index is 12.2. The van der Waals surface area contributed by atoms with E-state index >= 15 is 0 Å². The molecule has 0 unspecified atom stereocenters. The number of rotatable bonds is 7. The molecule has 0 saturated heterocycles. The number of nitrogens with one attached hydrogen (secondary N) is 2. The number of allylic oxidation sites excluding steroid dienone is 1. The minimum absolute atomic E-state index is 0.0241. The summed E-state index contributed by atoms with van der Waals surface area (Å²) in [6, 6.07) is 9.34. The highest BCUT2D eigenvalue weighted by atomic mass is 16.2. The Kier molecular flexibility index (Phi) is 6.85. The zero-order valence-electron chi connectivity index (χ0n) is 13.8. The molecule has 0 fully saturated rings. The molecular weight excluding hydrogens is 288 g/mol. The van der Waals surface area contributed by atoms with Crippen molar-refractivity contribution in [2.75, 3.05) is 6.54 Å². The zero-order chi connectivity index (χ0) is 16.5. The van der Waals surface area contributed by atoms with Gasteiger partial charge in [-0.05, 0) is 37.7 Å². The van der Waals surface area contributed by atoms with E-state index in [2.05, 4.69) is 16.7 Å². The van der Waals surface area contributed by atoms with Gasteiger partial charge in [-0.1, -0.05) is 42.0 Å². The van der Waals surface area contributed by atoms with E-state index in [0.717, 1.165) is 18.4 Å². The van der Waals surface area contributed by atoms with Crippen molar-refractivity contribution < 1.29 is 9.59 Å². The van der Waals surface area contributed by atoms with Gasteiger partial charge < -0.3 is 10.6 Å². The number of carbonyl (C=O) groups is 2. The van der Waals surface area contributed by atoms with Crippen LogP contribution in [0.3, 0.4) is 0 Å². The molecule has 1 aliphatic rings. The third kappa shape index (κ3) is 6.27. The Morgan fingerprint density at radius 3 is 2.61 bits per heavy atom. The Balaban J connectivity index is 1.82. The van der Waals surface area contributed by atoms with Gasteiger partial charge in [-0.3, -0.25) is 9.59 Å². The molecule has 1 aliphatic carbocycles. The molecule has 0 saturated carbocycles. The quantitative estimate of drug-likeness (QED) is 0.759. The fraction of sp³-hybridized carbons (Fsp3) is 0.474. The van der Waals surface area contributed by atoms with Crippen LogP contribution in [0, 0.1) is 0 Å². The lowest BCUT2D eigenvalue weighted by Gasteiger charge is -2.18. The summed E-state index contributed by atoms with van der Waals surface area (Å²) in [5.41, 5.74) is 2.41. The van der Waals surface area contributed by atoms with Crippen LogP contribution in [-0.4, -0.2) is 18.4 Å². The van der Waals surface area contributed by atoms with E-state index in [1.807, 2.05) is 30.3 Å². The third-order valence-corrected chi connectivity index (χ3v) is 4.12. The van der Waals surface area contributed by atoms with Crippen molar-refractivity contribution in [3.63, 3.8) is 0 Å². The summed E-state index contributed by atoms with van der Waals surface area (Å²) < 4.78 is 0. The first-order valence-electron chi connectivity index (χ1n) is 8.42. The van der Waals surface area contributed by atoms with Gasteiger partial charge in [0.15, 0.2) is 0 Å². The number of hydrogen-bond acceptors (Lipinski definition) is 2. The largest absolute Gasteiger partial charge is 0.356 e. The first-order chi connectivity index (χ1) is 11.1. The highest BCUT2D eigenvalue weighted by molar-refractivity contribution is 5.79. The van der Waals surface area contributed by atoms with Crippen molar-refractivity contribution in [3.05, 3.63) is 47.5 Å². The lowest BCUT2D eigenvalue weighted by molar-refractivity contribution is -0.122. The van der Waals surface area contributed by atoms with Crippen LogP contribution in [0.1, 0.15) is 57.1 Å². The van der Waals surface area contributed by atoms with E-state index in [9.17, 15) is 9.59 Å². The highest BCUT2D eigenvalue weighted by Crippen LogP contribution is 2.20. The van der Waals surface area contributed by atoms with E-state index in [1.165, 1.54) is 31.8 Å². The number of carbonyl (C=O) groups excluding carboxylic acids is 2. The fourth-order valence-electron chi connectivity index (χ4n) is 2.93. The second-order valence-electron chi connectivity index (χ2n) is 6.08. The second-order valence-corrected chi connectivity index (χ2v) is 6.08. The Labute approximate surface area is 138 Å². The summed E-state index contributed by atoms with van der Waals surface area (Å²) in [6.45, 7) is 2.15. The normalized spacial score (nSPS) is 15.4. The van der Waals surface area contributed by atoms with Crippen molar-refractivity contribution in [2.24, 2.45) is 0 Å². The molecule has 2 amide bonds. The smallest absolute Gasteiger partial charge is 0.222 e. The average molecular weight is 314 g/mol. The maximum Gasteiger partial charge on any atom is 0.222 e. The van der Waals surface area contributed by atoms with E-state index in [1.54, 1.807) is 0 Å². The molecule has 0 aromatic heterocycles. The van der Waals surface area contributed by atoms with Crippen molar-refractivity contribution in [1.29, 1.82) is 0 Å². The molecule has 23 heavy (non-hydrogen) atoms. The molecule has 4 heteroatoms. The molecule has 0 aliphatic heterocycles. The summed E-state index contributed by atoms with van der Waals surface area (Å²) in [5, 5.41) is 5.83. The Bertz CT molecular complexity index is 552. The first-order valence-corrected chi connectivity index (χ1v) is 8.42.